The van der Waals surface area contributed by atoms with Crippen LogP contribution in [0.5, 0.6) is 0 Å². The second kappa shape index (κ2) is 11.7. The number of hydrogen-bond donors (Lipinski definition) is 1. The number of rotatable bonds is 6. The van der Waals surface area contributed by atoms with E-state index in [1.54, 1.807) is 13.8 Å². The van der Waals surface area contributed by atoms with E-state index in [4.69, 9.17) is 4.74 Å². The van der Waals surface area contributed by atoms with Crippen molar-refractivity contribution in [1.82, 2.24) is 4.90 Å². The molecule has 1 heterocycles. The number of piperidine rings is 1. The Hall–Kier alpha value is -2.18. The Morgan fingerprint density at radius 3 is 2.17 bits per heavy atom. The van der Waals surface area contributed by atoms with Gasteiger partial charge >= 0.3 is 11.9 Å². The predicted octanol–water partition coefficient (Wildman–Crippen LogP) is 8.39. The molecule has 0 unspecified atom stereocenters. The molecule has 0 bridgehead atoms. The molecule has 5 fully saturated rings. The summed E-state index contributed by atoms with van der Waals surface area (Å²) in [4.78, 5) is 55.4. The number of likely N-dealkylation sites (tertiary alicyclic amines) is 1. The van der Waals surface area contributed by atoms with Crippen LogP contribution >= 0.6 is 0 Å². The van der Waals surface area contributed by atoms with Crippen molar-refractivity contribution >= 4 is 23.6 Å². The molecule has 8 atom stereocenters. The average Bonchev–Trinajstić information content (AvgIpc) is 3.32. The van der Waals surface area contributed by atoms with Crippen molar-refractivity contribution < 1.29 is 29.0 Å². The number of nitrogens with zero attached hydrogens (tertiary/aromatic N) is 1. The summed E-state index contributed by atoms with van der Waals surface area (Å²) in [6.45, 7) is 21.3. The van der Waals surface area contributed by atoms with Gasteiger partial charge in [-0.3, -0.25) is 19.2 Å². The quantitative estimate of drug-likeness (QED) is 0.286. The molecule has 1 aliphatic heterocycles. The predicted molar refractivity (Wildman–Crippen MR) is 186 cm³/mol. The first kappa shape index (κ1) is 35.6. The zero-order valence-corrected chi connectivity index (χ0v) is 31.4. The molecule has 0 aromatic heterocycles. The lowest BCUT2D eigenvalue weighted by molar-refractivity contribution is -0.233. The molecule has 0 aromatic carbocycles. The topological polar surface area (TPSA) is 101 Å². The van der Waals surface area contributed by atoms with Gasteiger partial charge in [0, 0.05) is 24.9 Å². The number of carboxylic acid groups (broad SMARTS) is 1. The van der Waals surface area contributed by atoms with Gasteiger partial charge in [-0.1, -0.05) is 48.5 Å². The van der Waals surface area contributed by atoms with Crippen LogP contribution in [0.25, 0.3) is 0 Å². The largest absolute Gasteiger partial charge is 0.481 e. The molecule has 0 spiro atoms. The van der Waals surface area contributed by atoms with E-state index in [2.05, 4.69) is 53.4 Å². The van der Waals surface area contributed by atoms with Gasteiger partial charge in [0.2, 0.25) is 5.91 Å². The smallest absolute Gasteiger partial charge is 0.309 e. The lowest BCUT2D eigenvalue weighted by Gasteiger charge is -2.72. The number of esters is 1. The molecule has 1 N–H and O–H groups in total. The summed E-state index contributed by atoms with van der Waals surface area (Å²) in [5.41, 5.74) is 0.318. The molecule has 268 valence electrons. The SMILES string of the molecule is CC(C)C1=C2[C@H]3CC[C@@H]4[C@@]5(C)CC[C@H](OC(=O)CC(C)(C)C(=O)O)C(C)(C)[C@@H]5CC[C@@]4(C)[C@]3(C)CC[C@@]2(C(=O)N2CCCCC2)CC1=O. The van der Waals surface area contributed by atoms with Gasteiger partial charge in [-0.05, 0) is 136 Å². The fourth-order valence-electron chi connectivity index (χ4n) is 13.1. The van der Waals surface area contributed by atoms with Crippen molar-refractivity contribution in [3.63, 3.8) is 0 Å². The van der Waals surface area contributed by atoms with Crippen molar-refractivity contribution in [3.05, 3.63) is 11.1 Å². The maximum Gasteiger partial charge on any atom is 0.309 e. The van der Waals surface area contributed by atoms with Crippen molar-refractivity contribution in [2.45, 2.75) is 152 Å². The first-order valence-corrected chi connectivity index (χ1v) is 19.3. The van der Waals surface area contributed by atoms with Crippen LogP contribution in [0.3, 0.4) is 0 Å². The molecule has 7 heteroatoms. The molecule has 0 aromatic rings. The fraction of sp³-hybridized carbons (Fsp3) is 0.854. The standard InChI is InChI=1S/C41H63NO6/c1-25(2)32-27(43)23-41(34(45)42-21-11-10-12-22-42)20-19-39(8)26(33(32)41)13-14-29-38(7)17-16-30(48-31(44)24-36(3,4)35(46)47)37(5,6)28(38)15-18-40(29,39)9/h25-26,28-30H,10-24H2,1-9H3,(H,46,47)/t26-,28+,29-,30+,38+,39-,40-,41-/m1/s1. The van der Waals surface area contributed by atoms with E-state index >= 15 is 0 Å². The van der Waals surface area contributed by atoms with Crippen LogP contribution in [-0.4, -0.2) is 52.8 Å². The second-order valence-corrected chi connectivity index (χ2v) is 19.3. The van der Waals surface area contributed by atoms with E-state index in [0.29, 0.717) is 18.3 Å². The van der Waals surface area contributed by atoms with Crippen molar-refractivity contribution in [3.8, 4) is 0 Å². The molecular weight excluding hydrogens is 602 g/mol. The number of aliphatic carboxylic acids is 1. The minimum Gasteiger partial charge on any atom is -0.481 e. The summed E-state index contributed by atoms with van der Waals surface area (Å²) in [5, 5.41) is 9.58. The van der Waals surface area contributed by atoms with Gasteiger partial charge in [0.15, 0.2) is 5.78 Å². The maximum atomic E-state index is 14.6. The van der Waals surface area contributed by atoms with Crippen LogP contribution in [0.4, 0.5) is 0 Å². The summed E-state index contributed by atoms with van der Waals surface area (Å²) in [7, 11) is 0. The first-order valence-electron chi connectivity index (χ1n) is 19.3. The van der Waals surface area contributed by atoms with E-state index < -0.39 is 22.8 Å². The molecule has 6 rings (SSSR count). The van der Waals surface area contributed by atoms with E-state index in [-0.39, 0.29) is 57.7 Å². The number of amides is 1. The molecule has 4 saturated carbocycles. The third-order valence-corrected chi connectivity index (χ3v) is 15.9. The highest BCUT2D eigenvalue weighted by atomic mass is 16.5. The molecule has 1 amide bonds. The number of allylic oxidation sites excluding steroid dienone is 1. The highest BCUT2D eigenvalue weighted by molar-refractivity contribution is 6.07. The summed E-state index contributed by atoms with van der Waals surface area (Å²) in [6, 6.07) is 0. The lowest BCUT2D eigenvalue weighted by Crippen LogP contribution is -2.66. The van der Waals surface area contributed by atoms with Gasteiger partial charge in [-0.25, -0.2) is 0 Å². The number of carbonyl (C=O) groups is 4. The van der Waals surface area contributed by atoms with Gasteiger partial charge in [0.05, 0.1) is 17.3 Å². The first-order chi connectivity index (χ1) is 22.3. The molecule has 0 radical (unpaired) electrons. The molecular formula is C41H63NO6. The van der Waals surface area contributed by atoms with E-state index in [0.717, 1.165) is 82.9 Å². The van der Waals surface area contributed by atoms with E-state index in [9.17, 15) is 24.3 Å². The minimum absolute atomic E-state index is 0.00839. The van der Waals surface area contributed by atoms with E-state index in [1.807, 2.05) is 0 Å². The minimum atomic E-state index is -1.16. The maximum absolute atomic E-state index is 14.6. The Kier molecular flexibility index (Phi) is 8.68. The third-order valence-electron chi connectivity index (χ3n) is 15.9. The number of fused-ring (bicyclic) bond motifs is 7. The van der Waals surface area contributed by atoms with E-state index in [1.165, 1.54) is 12.0 Å². The zero-order valence-electron chi connectivity index (χ0n) is 31.4. The molecule has 5 aliphatic carbocycles. The second-order valence-electron chi connectivity index (χ2n) is 19.3. The van der Waals surface area contributed by atoms with Crippen LogP contribution in [0.15, 0.2) is 11.1 Å². The fourth-order valence-corrected chi connectivity index (χ4v) is 13.1. The number of carboxylic acids is 1. The van der Waals surface area contributed by atoms with Gasteiger partial charge in [0.1, 0.15) is 6.10 Å². The average molecular weight is 666 g/mol. The van der Waals surface area contributed by atoms with Crippen molar-refractivity contribution in [2.24, 2.45) is 56.2 Å². The Balaban J connectivity index is 1.31. The van der Waals surface area contributed by atoms with Gasteiger partial charge in [-0.15, -0.1) is 0 Å². The zero-order chi connectivity index (χ0) is 35.2. The Morgan fingerprint density at radius 1 is 0.875 bits per heavy atom. The van der Waals surface area contributed by atoms with Gasteiger partial charge in [-0.2, -0.15) is 0 Å². The number of carbonyl (C=O) groups excluding carboxylic acids is 3. The molecule has 7 nitrogen and oxygen atoms in total. The normalized spacial score (nSPS) is 40.9. The van der Waals surface area contributed by atoms with Gasteiger partial charge in [0.25, 0.3) is 0 Å². The summed E-state index contributed by atoms with van der Waals surface area (Å²) >= 11 is 0. The summed E-state index contributed by atoms with van der Waals surface area (Å²) in [5.74, 6) is 0.299. The van der Waals surface area contributed by atoms with Gasteiger partial charge < -0.3 is 14.7 Å². The van der Waals surface area contributed by atoms with Crippen LogP contribution in [-0.2, 0) is 23.9 Å². The number of Topliss-reactive ketones (excluding diaryl/α,β-unsaturated/α-hetero) is 1. The number of hydrogen-bond acceptors (Lipinski definition) is 5. The van der Waals surface area contributed by atoms with Crippen LogP contribution in [0.1, 0.15) is 146 Å². The molecule has 6 aliphatic rings. The Labute approximate surface area is 289 Å². The summed E-state index contributed by atoms with van der Waals surface area (Å²) in [6.07, 6.45) is 11.1. The monoisotopic (exact) mass is 665 g/mol. The number of ether oxygens (including phenoxy) is 1. The highest BCUT2D eigenvalue weighted by Gasteiger charge is 2.71. The van der Waals surface area contributed by atoms with Crippen molar-refractivity contribution in [1.29, 1.82) is 0 Å². The molecule has 1 saturated heterocycles. The van der Waals surface area contributed by atoms with Crippen LogP contribution in [0, 0.1) is 56.2 Å². The van der Waals surface area contributed by atoms with Crippen LogP contribution in [0.2, 0.25) is 0 Å². The third kappa shape index (κ3) is 5.00. The highest BCUT2D eigenvalue weighted by Crippen LogP contribution is 2.77. The molecule has 48 heavy (non-hydrogen) atoms. The van der Waals surface area contributed by atoms with Crippen LogP contribution < -0.4 is 0 Å². The summed E-state index contributed by atoms with van der Waals surface area (Å²) < 4.78 is 6.15. The Bertz CT molecular complexity index is 1400. The number of ketones is 1. The Morgan fingerprint density at radius 2 is 1.54 bits per heavy atom. The van der Waals surface area contributed by atoms with Crippen molar-refractivity contribution in [2.75, 3.05) is 13.1 Å². The lowest BCUT2D eigenvalue weighted by atomic mass is 9.33.